The summed E-state index contributed by atoms with van der Waals surface area (Å²) in [6, 6.07) is 0.413. The van der Waals surface area contributed by atoms with Crippen LogP contribution < -0.4 is 5.32 Å². The Labute approximate surface area is 104 Å². The van der Waals surface area contributed by atoms with Crippen molar-refractivity contribution in [2.45, 2.75) is 50.7 Å². The molecule has 0 radical (unpaired) electrons. The fourth-order valence-electron chi connectivity index (χ4n) is 2.65. The fourth-order valence-corrected chi connectivity index (χ4v) is 2.65. The molecule has 1 aliphatic carbocycles. The number of ether oxygens (including phenoxy) is 1. The summed E-state index contributed by atoms with van der Waals surface area (Å²) in [5.41, 5.74) is -0.139. The minimum Gasteiger partial charge on any atom is -0.378 e. The molecule has 0 spiro atoms. The first-order valence-electron chi connectivity index (χ1n) is 6.76. The summed E-state index contributed by atoms with van der Waals surface area (Å²) >= 11 is 0. The Morgan fingerprint density at radius 1 is 1.47 bits per heavy atom. The third kappa shape index (κ3) is 2.63. The van der Waals surface area contributed by atoms with Gasteiger partial charge in [0.15, 0.2) is 0 Å². The molecule has 98 valence electrons. The minimum absolute atomic E-state index is 0.139. The standard InChI is InChI=1S/C13H24N2O2/c1-3-7-15(11-9-14-10-11)12(16)8-13(17-2)5-4-6-13/h11,14H,3-10H2,1-2H3. The molecule has 1 saturated carbocycles. The Morgan fingerprint density at radius 2 is 2.18 bits per heavy atom. The second-order valence-corrected chi connectivity index (χ2v) is 5.32. The van der Waals surface area contributed by atoms with Gasteiger partial charge in [-0.15, -0.1) is 0 Å². The van der Waals surface area contributed by atoms with Crippen LogP contribution in [0, 0.1) is 0 Å². The van der Waals surface area contributed by atoms with Crippen molar-refractivity contribution in [2.24, 2.45) is 0 Å². The molecular formula is C13H24N2O2. The Bertz CT molecular complexity index is 267. The average molecular weight is 240 g/mol. The molecule has 0 atom stereocenters. The van der Waals surface area contributed by atoms with E-state index in [1.165, 1.54) is 6.42 Å². The zero-order valence-electron chi connectivity index (χ0n) is 11.0. The van der Waals surface area contributed by atoms with Crippen LogP contribution in [-0.2, 0) is 9.53 Å². The molecule has 0 aromatic heterocycles. The summed E-state index contributed by atoms with van der Waals surface area (Å²) in [7, 11) is 1.74. The summed E-state index contributed by atoms with van der Waals surface area (Å²) < 4.78 is 5.54. The number of nitrogens with one attached hydrogen (secondary N) is 1. The summed E-state index contributed by atoms with van der Waals surface area (Å²) in [6.07, 6.45) is 4.87. The average Bonchev–Trinajstić information content (AvgIpc) is 2.20. The van der Waals surface area contributed by atoms with E-state index >= 15 is 0 Å². The van der Waals surface area contributed by atoms with Crippen molar-refractivity contribution in [1.82, 2.24) is 10.2 Å². The highest BCUT2D eigenvalue weighted by Crippen LogP contribution is 2.38. The van der Waals surface area contributed by atoms with Gasteiger partial charge in [0.05, 0.1) is 18.1 Å². The van der Waals surface area contributed by atoms with Crippen molar-refractivity contribution in [3.63, 3.8) is 0 Å². The first-order valence-corrected chi connectivity index (χ1v) is 6.76. The number of carbonyl (C=O) groups is 1. The normalized spacial score (nSPS) is 22.7. The second kappa shape index (κ2) is 5.36. The first-order chi connectivity index (χ1) is 8.21. The van der Waals surface area contributed by atoms with Crippen LogP contribution in [-0.4, -0.2) is 49.2 Å². The monoisotopic (exact) mass is 240 g/mol. The van der Waals surface area contributed by atoms with Gasteiger partial charge in [-0.25, -0.2) is 0 Å². The highest BCUT2D eigenvalue weighted by Gasteiger charge is 2.41. The van der Waals surface area contributed by atoms with Gasteiger partial charge in [0.2, 0.25) is 5.91 Å². The molecule has 4 nitrogen and oxygen atoms in total. The third-order valence-electron chi connectivity index (χ3n) is 4.16. The molecule has 0 aromatic carbocycles. The van der Waals surface area contributed by atoms with Gasteiger partial charge in [0, 0.05) is 26.7 Å². The first kappa shape index (κ1) is 12.8. The molecule has 1 aliphatic heterocycles. The van der Waals surface area contributed by atoms with Crippen LogP contribution in [0.2, 0.25) is 0 Å². The maximum atomic E-state index is 12.4. The molecule has 1 amide bonds. The van der Waals surface area contributed by atoms with Gasteiger partial charge in [0.25, 0.3) is 0 Å². The number of methoxy groups -OCH3 is 1. The minimum atomic E-state index is -0.139. The van der Waals surface area contributed by atoms with Crippen LogP contribution in [0.3, 0.4) is 0 Å². The van der Waals surface area contributed by atoms with Crippen LogP contribution in [0.5, 0.6) is 0 Å². The Balaban J connectivity index is 1.91. The van der Waals surface area contributed by atoms with Crippen molar-refractivity contribution in [3.05, 3.63) is 0 Å². The molecule has 17 heavy (non-hydrogen) atoms. The van der Waals surface area contributed by atoms with Crippen LogP contribution in [0.4, 0.5) is 0 Å². The third-order valence-corrected chi connectivity index (χ3v) is 4.16. The molecule has 4 heteroatoms. The SMILES string of the molecule is CCCN(C(=O)CC1(OC)CCC1)C1CNC1. The smallest absolute Gasteiger partial charge is 0.225 e. The predicted molar refractivity (Wildman–Crippen MR) is 66.9 cm³/mol. The number of nitrogens with zero attached hydrogens (tertiary/aromatic N) is 1. The van der Waals surface area contributed by atoms with Crippen LogP contribution >= 0.6 is 0 Å². The van der Waals surface area contributed by atoms with Gasteiger partial charge in [-0.1, -0.05) is 6.92 Å². The number of carbonyl (C=O) groups excluding carboxylic acids is 1. The predicted octanol–water partition coefficient (Wildman–Crippen LogP) is 1.16. The number of hydrogen-bond donors (Lipinski definition) is 1. The van der Waals surface area contributed by atoms with Crippen molar-refractivity contribution in [3.8, 4) is 0 Å². The number of amides is 1. The highest BCUT2D eigenvalue weighted by molar-refractivity contribution is 5.78. The molecule has 2 aliphatic rings. The lowest BCUT2D eigenvalue weighted by Crippen LogP contribution is -2.60. The van der Waals surface area contributed by atoms with E-state index in [9.17, 15) is 4.79 Å². The van der Waals surface area contributed by atoms with E-state index in [2.05, 4.69) is 17.1 Å². The number of rotatable bonds is 6. The zero-order chi connectivity index (χ0) is 12.3. The maximum absolute atomic E-state index is 12.4. The van der Waals surface area contributed by atoms with E-state index in [-0.39, 0.29) is 11.5 Å². The lowest BCUT2D eigenvalue weighted by atomic mass is 9.77. The summed E-state index contributed by atoms with van der Waals surface area (Å²) in [5, 5.41) is 3.23. The summed E-state index contributed by atoms with van der Waals surface area (Å²) in [4.78, 5) is 14.4. The molecule has 2 fully saturated rings. The highest BCUT2D eigenvalue weighted by atomic mass is 16.5. The van der Waals surface area contributed by atoms with E-state index in [0.29, 0.717) is 12.5 Å². The zero-order valence-corrected chi connectivity index (χ0v) is 11.0. The second-order valence-electron chi connectivity index (χ2n) is 5.32. The van der Waals surface area contributed by atoms with Crippen molar-refractivity contribution in [2.75, 3.05) is 26.7 Å². The van der Waals surface area contributed by atoms with Gasteiger partial charge in [-0.05, 0) is 25.7 Å². The summed E-state index contributed by atoms with van der Waals surface area (Å²) in [6.45, 7) is 4.91. The molecular weight excluding hydrogens is 216 g/mol. The van der Waals surface area contributed by atoms with Crippen molar-refractivity contribution in [1.29, 1.82) is 0 Å². The molecule has 0 bridgehead atoms. The van der Waals surface area contributed by atoms with Gasteiger partial charge >= 0.3 is 0 Å². The fraction of sp³-hybridized carbons (Fsp3) is 0.923. The van der Waals surface area contributed by atoms with E-state index < -0.39 is 0 Å². The lowest BCUT2D eigenvalue weighted by molar-refractivity contribution is -0.147. The van der Waals surface area contributed by atoms with Crippen LogP contribution in [0.15, 0.2) is 0 Å². The Morgan fingerprint density at radius 3 is 2.53 bits per heavy atom. The van der Waals surface area contributed by atoms with E-state index in [4.69, 9.17) is 4.74 Å². The van der Waals surface area contributed by atoms with E-state index in [1.54, 1.807) is 7.11 Å². The molecule has 0 aromatic rings. The quantitative estimate of drug-likeness (QED) is 0.757. The molecule has 1 saturated heterocycles. The Kier molecular flexibility index (Phi) is 4.05. The van der Waals surface area contributed by atoms with Gasteiger partial charge in [-0.3, -0.25) is 4.79 Å². The van der Waals surface area contributed by atoms with Gasteiger partial charge < -0.3 is 15.0 Å². The van der Waals surface area contributed by atoms with Crippen LogP contribution in [0.25, 0.3) is 0 Å². The van der Waals surface area contributed by atoms with Crippen molar-refractivity contribution < 1.29 is 9.53 Å². The topological polar surface area (TPSA) is 41.6 Å². The summed E-state index contributed by atoms with van der Waals surface area (Å²) in [5.74, 6) is 0.278. The largest absolute Gasteiger partial charge is 0.378 e. The maximum Gasteiger partial charge on any atom is 0.225 e. The van der Waals surface area contributed by atoms with Crippen molar-refractivity contribution >= 4 is 5.91 Å². The molecule has 0 unspecified atom stereocenters. The molecule has 2 rings (SSSR count). The molecule has 1 heterocycles. The van der Waals surface area contributed by atoms with Gasteiger partial charge in [-0.2, -0.15) is 0 Å². The number of hydrogen-bond acceptors (Lipinski definition) is 3. The van der Waals surface area contributed by atoms with E-state index in [1.807, 2.05) is 0 Å². The lowest BCUT2D eigenvalue weighted by Gasteiger charge is -2.44. The van der Waals surface area contributed by atoms with Crippen LogP contribution in [0.1, 0.15) is 39.0 Å². The molecule has 1 N–H and O–H groups in total. The Hall–Kier alpha value is -0.610. The van der Waals surface area contributed by atoms with Gasteiger partial charge in [0.1, 0.15) is 0 Å². The van der Waals surface area contributed by atoms with E-state index in [0.717, 1.165) is 38.9 Å².